The minimum Gasteiger partial charge on any atom is -0.454 e. The van der Waals surface area contributed by atoms with Crippen LogP contribution in [0.25, 0.3) is 10.9 Å². The fourth-order valence-electron chi connectivity index (χ4n) is 4.56. The second-order valence-electron chi connectivity index (χ2n) is 9.85. The van der Waals surface area contributed by atoms with Gasteiger partial charge in [-0.15, -0.1) is 5.10 Å². The first-order valence-electron chi connectivity index (χ1n) is 11.9. The molecule has 2 aromatic heterocycles. The Morgan fingerprint density at radius 1 is 1.09 bits per heavy atom. The molecular formula is C26H30N6O3. The smallest absolute Gasteiger partial charge is 0.252 e. The fourth-order valence-corrected chi connectivity index (χ4v) is 4.56. The van der Waals surface area contributed by atoms with Gasteiger partial charge in [0.2, 0.25) is 6.79 Å². The zero-order valence-corrected chi connectivity index (χ0v) is 20.5. The van der Waals surface area contributed by atoms with Gasteiger partial charge in [0, 0.05) is 30.1 Å². The average Bonchev–Trinajstić information content (AvgIpc) is 3.49. The summed E-state index contributed by atoms with van der Waals surface area (Å²) in [5, 5.41) is 13.6. The number of rotatable bonds is 7. The fraction of sp³-hybridized carbons (Fsp3) is 0.385. The summed E-state index contributed by atoms with van der Waals surface area (Å²) in [4.78, 5) is 18.4. The molecule has 0 saturated heterocycles. The third kappa shape index (κ3) is 4.64. The van der Waals surface area contributed by atoms with Crippen LogP contribution >= 0.6 is 0 Å². The van der Waals surface area contributed by atoms with Crippen molar-refractivity contribution in [2.24, 2.45) is 0 Å². The number of tetrazole rings is 1. The lowest BCUT2D eigenvalue weighted by molar-refractivity contribution is 0.153. The van der Waals surface area contributed by atoms with Gasteiger partial charge < -0.3 is 14.5 Å². The van der Waals surface area contributed by atoms with Crippen LogP contribution in [0.15, 0.2) is 53.3 Å². The molecule has 5 rings (SSSR count). The number of H-pyrrole nitrogens is 1. The maximum atomic E-state index is 13.1. The normalized spacial score (nSPS) is 14.1. The number of pyridine rings is 1. The SMILES string of the molecule is CCC(c1nnnn1C(C)(C)C)N(Cc1ccccc1)Cc1cc2cc3c(cc2[nH]c1=O)OCO3. The number of fused-ring (bicyclic) bond motifs is 2. The Labute approximate surface area is 203 Å². The van der Waals surface area contributed by atoms with Crippen molar-refractivity contribution in [2.45, 2.75) is 58.8 Å². The molecule has 0 bridgehead atoms. The highest BCUT2D eigenvalue weighted by Gasteiger charge is 2.30. The number of nitrogens with one attached hydrogen (secondary N) is 1. The molecule has 1 aliphatic rings. The largest absolute Gasteiger partial charge is 0.454 e. The molecule has 1 unspecified atom stereocenters. The Hall–Kier alpha value is -3.72. The van der Waals surface area contributed by atoms with E-state index in [0.29, 0.717) is 30.2 Å². The zero-order valence-electron chi connectivity index (χ0n) is 20.5. The van der Waals surface area contributed by atoms with Gasteiger partial charge in [-0.2, -0.15) is 0 Å². The lowest BCUT2D eigenvalue weighted by atomic mass is 10.0. The van der Waals surface area contributed by atoms with E-state index in [0.717, 1.165) is 28.7 Å². The molecule has 0 saturated carbocycles. The lowest BCUT2D eigenvalue weighted by Crippen LogP contribution is -2.35. The number of benzene rings is 2. The molecule has 2 aromatic carbocycles. The van der Waals surface area contributed by atoms with Gasteiger partial charge in [-0.1, -0.05) is 37.3 Å². The van der Waals surface area contributed by atoms with Gasteiger partial charge in [0.15, 0.2) is 17.3 Å². The summed E-state index contributed by atoms with van der Waals surface area (Å²) in [6, 6.07) is 15.8. The number of aromatic amines is 1. The number of ether oxygens (including phenoxy) is 2. The monoisotopic (exact) mass is 474 g/mol. The first-order valence-corrected chi connectivity index (χ1v) is 11.9. The van der Waals surface area contributed by atoms with E-state index in [9.17, 15) is 4.79 Å². The third-order valence-corrected chi connectivity index (χ3v) is 6.27. The Kier molecular flexibility index (Phi) is 6.02. The van der Waals surface area contributed by atoms with Crippen LogP contribution in [0.1, 0.15) is 57.1 Å². The molecule has 1 aliphatic heterocycles. The van der Waals surface area contributed by atoms with E-state index in [1.807, 2.05) is 41.1 Å². The predicted molar refractivity (Wildman–Crippen MR) is 132 cm³/mol. The standard InChI is InChI=1S/C26H30N6O3/c1-5-21(24-28-29-30-32(24)26(2,3)4)31(14-17-9-7-6-8-10-17)15-19-11-18-12-22-23(35-16-34-22)13-20(18)27-25(19)33/h6-13,21H,5,14-16H2,1-4H3,(H,27,33). The number of hydrogen-bond donors (Lipinski definition) is 1. The van der Waals surface area contributed by atoms with E-state index < -0.39 is 0 Å². The second-order valence-corrected chi connectivity index (χ2v) is 9.85. The highest BCUT2D eigenvalue weighted by Crippen LogP contribution is 2.35. The average molecular weight is 475 g/mol. The zero-order chi connectivity index (χ0) is 24.6. The van der Waals surface area contributed by atoms with Crippen molar-refractivity contribution < 1.29 is 9.47 Å². The number of aromatic nitrogens is 5. The maximum Gasteiger partial charge on any atom is 0.252 e. The summed E-state index contributed by atoms with van der Waals surface area (Å²) in [7, 11) is 0. The molecule has 0 aliphatic carbocycles. The summed E-state index contributed by atoms with van der Waals surface area (Å²) >= 11 is 0. The predicted octanol–water partition coefficient (Wildman–Crippen LogP) is 4.15. The van der Waals surface area contributed by atoms with Crippen LogP contribution in [-0.4, -0.2) is 36.9 Å². The number of nitrogens with zero attached hydrogens (tertiary/aromatic N) is 5. The minimum atomic E-state index is -0.270. The van der Waals surface area contributed by atoms with Crippen LogP contribution in [0.4, 0.5) is 0 Å². The second kappa shape index (κ2) is 9.14. The van der Waals surface area contributed by atoms with E-state index >= 15 is 0 Å². The van der Waals surface area contributed by atoms with E-state index in [-0.39, 0.29) is 23.9 Å². The summed E-state index contributed by atoms with van der Waals surface area (Å²) in [5.74, 6) is 2.12. The van der Waals surface area contributed by atoms with Crippen LogP contribution in [0, 0.1) is 0 Å². The van der Waals surface area contributed by atoms with Gasteiger partial charge in [-0.25, -0.2) is 4.68 Å². The third-order valence-electron chi connectivity index (χ3n) is 6.27. The molecule has 0 fully saturated rings. The van der Waals surface area contributed by atoms with E-state index in [1.54, 1.807) is 0 Å². The van der Waals surface area contributed by atoms with Crippen molar-refractivity contribution in [3.8, 4) is 11.5 Å². The van der Waals surface area contributed by atoms with Crippen LogP contribution in [0.2, 0.25) is 0 Å². The van der Waals surface area contributed by atoms with Crippen LogP contribution in [0.5, 0.6) is 11.5 Å². The quantitative estimate of drug-likeness (QED) is 0.430. The van der Waals surface area contributed by atoms with Crippen LogP contribution < -0.4 is 15.0 Å². The highest BCUT2D eigenvalue weighted by atomic mass is 16.7. The molecule has 1 atom stereocenters. The van der Waals surface area contributed by atoms with Crippen molar-refractivity contribution in [3.63, 3.8) is 0 Å². The van der Waals surface area contributed by atoms with Crippen LogP contribution in [-0.2, 0) is 18.6 Å². The first kappa shape index (κ1) is 23.0. The molecule has 4 aromatic rings. The van der Waals surface area contributed by atoms with Crippen LogP contribution in [0.3, 0.4) is 0 Å². The lowest BCUT2D eigenvalue weighted by Gasteiger charge is -2.32. The van der Waals surface area contributed by atoms with E-state index in [4.69, 9.17) is 9.47 Å². The summed E-state index contributed by atoms with van der Waals surface area (Å²) in [6.07, 6.45) is 0.785. The van der Waals surface area contributed by atoms with Crippen molar-refractivity contribution in [1.82, 2.24) is 30.1 Å². The Morgan fingerprint density at radius 2 is 1.83 bits per heavy atom. The molecule has 0 spiro atoms. The topological polar surface area (TPSA) is 98.2 Å². The van der Waals surface area contributed by atoms with Crippen molar-refractivity contribution in [2.75, 3.05) is 6.79 Å². The van der Waals surface area contributed by atoms with Gasteiger partial charge in [-0.3, -0.25) is 9.69 Å². The maximum absolute atomic E-state index is 13.1. The molecule has 3 heterocycles. The molecule has 9 heteroatoms. The summed E-state index contributed by atoms with van der Waals surface area (Å²) in [5.41, 5.74) is 2.15. The highest BCUT2D eigenvalue weighted by molar-refractivity contribution is 5.83. The molecule has 1 N–H and O–H groups in total. The molecule has 0 amide bonds. The molecule has 35 heavy (non-hydrogen) atoms. The van der Waals surface area contributed by atoms with Crippen molar-refractivity contribution >= 4 is 10.9 Å². The minimum absolute atomic E-state index is 0.0868. The van der Waals surface area contributed by atoms with Gasteiger partial charge in [-0.05, 0) is 55.3 Å². The number of hydrogen-bond acceptors (Lipinski definition) is 7. The van der Waals surface area contributed by atoms with Gasteiger partial charge in [0.1, 0.15) is 0 Å². The molecule has 0 radical (unpaired) electrons. The first-order chi connectivity index (χ1) is 16.8. The van der Waals surface area contributed by atoms with Gasteiger partial charge in [0.25, 0.3) is 5.56 Å². The van der Waals surface area contributed by atoms with Gasteiger partial charge >= 0.3 is 0 Å². The Bertz CT molecular complexity index is 1390. The molecule has 182 valence electrons. The van der Waals surface area contributed by atoms with Gasteiger partial charge in [0.05, 0.1) is 17.1 Å². The Balaban J connectivity index is 1.55. The Morgan fingerprint density at radius 3 is 2.54 bits per heavy atom. The summed E-state index contributed by atoms with van der Waals surface area (Å²) < 4.78 is 12.9. The van der Waals surface area contributed by atoms with E-state index in [2.05, 4.69) is 65.2 Å². The van der Waals surface area contributed by atoms with Crippen molar-refractivity contribution in [1.29, 1.82) is 0 Å². The van der Waals surface area contributed by atoms with Crippen molar-refractivity contribution in [3.05, 3.63) is 75.8 Å². The summed E-state index contributed by atoms with van der Waals surface area (Å²) in [6.45, 7) is 9.64. The molecular weight excluding hydrogens is 444 g/mol. The molecule has 9 nitrogen and oxygen atoms in total. The van der Waals surface area contributed by atoms with E-state index in [1.165, 1.54) is 0 Å².